The number of aromatic nitrogens is 2. The molecule has 1 saturated heterocycles. The maximum absolute atomic E-state index is 11.1. The zero-order valence-corrected chi connectivity index (χ0v) is 11.2. The van der Waals surface area contributed by atoms with Crippen molar-refractivity contribution in [1.29, 1.82) is 0 Å². The molecule has 2 unspecified atom stereocenters. The predicted molar refractivity (Wildman–Crippen MR) is 68.9 cm³/mol. The second-order valence-electron chi connectivity index (χ2n) is 4.93. The quantitative estimate of drug-likeness (QED) is 0.624. The van der Waals surface area contributed by atoms with Crippen molar-refractivity contribution >= 4 is 11.6 Å². The predicted octanol–water partition coefficient (Wildman–Crippen LogP) is 0.823. The standard InChI is InChI=1S/C11H19N5O2/c1-7-6-15(8(2)5-12-7)11-10(16(17)18)13-9(3)14(11)4/h7-8,12H,5-6H2,1-4H3. The molecule has 2 heterocycles. The molecule has 1 aliphatic rings. The Kier molecular flexibility index (Phi) is 3.25. The summed E-state index contributed by atoms with van der Waals surface area (Å²) in [5, 5.41) is 14.5. The molecule has 7 heteroatoms. The maximum Gasteiger partial charge on any atom is 0.406 e. The highest BCUT2D eigenvalue weighted by atomic mass is 16.6. The molecule has 0 spiro atoms. The van der Waals surface area contributed by atoms with Gasteiger partial charge in [-0.3, -0.25) is 4.57 Å². The van der Waals surface area contributed by atoms with Gasteiger partial charge in [-0.2, -0.15) is 0 Å². The van der Waals surface area contributed by atoms with E-state index in [1.54, 1.807) is 11.5 Å². The van der Waals surface area contributed by atoms with E-state index in [0.717, 1.165) is 13.1 Å². The lowest BCUT2D eigenvalue weighted by molar-refractivity contribution is -0.388. The number of aryl methyl sites for hydroxylation is 1. The number of anilines is 1. The summed E-state index contributed by atoms with van der Waals surface area (Å²) in [4.78, 5) is 16.8. The van der Waals surface area contributed by atoms with Crippen molar-refractivity contribution in [1.82, 2.24) is 14.9 Å². The molecule has 1 aromatic rings. The number of hydrogen-bond donors (Lipinski definition) is 1. The first-order valence-corrected chi connectivity index (χ1v) is 6.09. The first kappa shape index (κ1) is 12.8. The number of nitro groups is 1. The van der Waals surface area contributed by atoms with Crippen molar-refractivity contribution in [2.45, 2.75) is 32.9 Å². The minimum Gasteiger partial charge on any atom is -0.358 e. The number of nitrogens with zero attached hydrogens (tertiary/aromatic N) is 4. The van der Waals surface area contributed by atoms with Crippen LogP contribution in [0.15, 0.2) is 0 Å². The van der Waals surface area contributed by atoms with Crippen LogP contribution in [0.25, 0.3) is 0 Å². The van der Waals surface area contributed by atoms with Crippen molar-refractivity contribution in [3.05, 3.63) is 15.9 Å². The summed E-state index contributed by atoms with van der Waals surface area (Å²) in [6.45, 7) is 7.50. The van der Waals surface area contributed by atoms with Gasteiger partial charge in [0.2, 0.25) is 11.6 Å². The Labute approximate surface area is 106 Å². The smallest absolute Gasteiger partial charge is 0.358 e. The zero-order chi connectivity index (χ0) is 13.4. The fourth-order valence-electron chi connectivity index (χ4n) is 2.34. The molecule has 1 N–H and O–H groups in total. The first-order chi connectivity index (χ1) is 8.41. The molecule has 1 aromatic heterocycles. The number of rotatable bonds is 2. The lowest BCUT2D eigenvalue weighted by atomic mass is 10.1. The van der Waals surface area contributed by atoms with Crippen LogP contribution in [0.4, 0.5) is 11.6 Å². The van der Waals surface area contributed by atoms with Crippen LogP contribution in [0.3, 0.4) is 0 Å². The van der Waals surface area contributed by atoms with Crippen molar-refractivity contribution in [3.63, 3.8) is 0 Å². The van der Waals surface area contributed by atoms with Gasteiger partial charge in [-0.15, -0.1) is 0 Å². The zero-order valence-electron chi connectivity index (χ0n) is 11.2. The van der Waals surface area contributed by atoms with Crippen molar-refractivity contribution in [2.75, 3.05) is 18.0 Å². The van der Waals surface area contributed by atoms with Crippen LogP contribution in [-0.2, 0) is 7.05 Å². The van der Waals surface area contributed by atoms with Crippen LogP contribution in [0.5, 0.6) is 0 Å². The SMILES string of the molecule is Cc1nc([N+](=O)[O-])c(N2CC(C)NCC2C)n1C. The monoisotopic (exact) mass is 253 g/mol. The summed E-state index contributed by atoms with van der Waals surface area (Å²) >= 11 is 0. The topological polar surface area (TPSA) is 76.2 Å². The first-order valence-electron chi connectivity index (χ1n) is 6.09. The third kappa shape index (κ3) is 2.05. The normalized spacial score (nSPS) is 24.3. The Morgan fingerprint density at radius 2 is 2.17 bits per heavy atom. The summed E-state index contributed by atoms with van der Waals surface area (Å²) in [6.07, 6.45) is 0. The minimum atomic E-state index is -0.401. The van der Waals surface area contributed by atoms with E-state index in [9.17, 15) is 10.1 Å². The minimum absolute atomic E-state index is 0.0454. The number of hydrogen-bond acceptors (Lipinski definition) is 5. The van der Waals surface area contributed by atoms with Gasteiger partial charge in [0.1, 0.15) is 0 Å². The van der Waals surface area contributed by atoms with Gasteiger partial charge < -0.3 is 20.3 Å². The van der Waals surface area contributed by atoms with Crippen molar-refractivity contribution in [3.8, 4) is 0 Å². The fraction of sp³-hybridized carbons (Fsp3) is 0.727. The Balaban J connectivity index is 2.45. The van der Waals surface area contributed by atoms with Crippen molar-refractivity contribution < 1.29 is 4.92 Å². The fourth-order valence-corrected chi connectivity index (χ4v) is 2.34. The third-order valence-electron chi connectivity index (χ3n) is 3.48. The Morgan fingerprint density at radius 1 is 1.50 bits per heavy atom. The highest BCUT2D eigenvalue weighted by molar-refractivity contribution is 5.57. The highest BCUT2D eigenvalue weighted by Crippen LogP contribution is 2.30. The summed E-state index contributed by atoms with van der Waals surface area (Å²) in [5.41, 5.74) is 0. The Bertz CT molecular complexity index is 470. The number of nitrogens with one attached hydrogen (secondary N) is 1. The second kappa shape index (κ2) is 4.56. The molecule has 1 fully saturated rings. The molecule has 7 nitrogen and oxygen atoms in total. The van der Waals surface area contributed by atoms with Crippen LogP contribution < -0.4 is 10.2 Å². The second-order valence-corrected chi connectivity index (χ2v) is 4.93. The van der Waals surface area contributed by atoms with Gasteiger partial charge in [0.15, 0.2) is 0 Å². The maximum atomic E-state index is 11.1. The van der Waals surface area contributed by atoms with E-state index >= 15 is 0 Å². The van der Waals surface area contributed by atoms with Crippen LogP contribution in [0.2, 0.25) is 0 Å². The lowest BCUT2D eigenvalue weighted by Gasteiger charge is -2.38. The molecule has 0 radical (unpaired) electrons. The number of piperazine rings is 1. The van der Waals surface area contributed by atoms with Crippen LogP contribution in [0, 0.1) is 17.0 Å². The van der Waals surface area contributed by atoms with Crippen LogP contribution in [0.1, 0.15) is 19.7 Å². The molecule has 100 valence electrons. The van der Waals surface area contributed by atoms with Crippen LogP contribution in [-0.4, -0.2) is 39.6 Å². The van der Waals surface area contributed by atoms with Gasteiger partial charge in [-0.25, -0.2) is 0 Å². The summed E-state index contributed by atoms with van der Waals surface area (Å²) in [7, 11) is 1.82. The largest absolute Gasteiger partial charge is 0.406 e. The average molecular weight is 253 g/mol. The molecule has 0 bridgehead atoms. The molecule has 1 aliphatic heterocycles. The third-order valence-corrected chi connectivity index (χ3v) is 3.48. The van der Waals surface area contributed by atoms with E-state index in [0.29, 0.717) is 17.7 Å². The summed E-state index contributed by atoms with van der Waals surface area (Å²) in [5.74, 6) is 1.23. The molecule has 0 aliphatic carbocycles. The average Bonchev–Trinajstić information content (AvgIpc) is 2.60. The van der Waals surface area contributed by atoms with Gasteiger partial charge in [0, 0.05) is 39.1 Å². The molecule has 2 atom stereocenters. The molecular weight excluding hydrogens is 234 g/mol. The van der Waals surface area contributed by atoms with E-state index in [4.69, 9.17) is 0 Å². The van der Waals surface area contributed by atoms with Gasteiger partial charge in [-0.05, 0) is 23.8 Å². The molecule has 2 rings (SSSR count). The highest BCUT2D eigenvalue weighted by Gasteiger charge is 2.33. The van der Waals surface area contributed by atoms with E-state index in [1.165, 1.54) is 0 Å². The van der Waals surface area contributed by atoms with E-state index in [-0.39, 0.29) is 11.9 Å². The Morgan fingerprint density at radius 3 is 2.78 bits per heavy atom. The molecule has 0 amide bonds. The van der Waals surface area contributed by atoms with Gasteiger partial charge >= 0.3 is 5.82 Å². The molecule has 18 heavy (non-hydrogen) atoms. The van der Waals surface area contributed by atoms with Gasteiger partial charge in [0.25, 0.3) is 0 Å². The van der Waals surface area contributed by atoms with Crippen LogP contribution >= 0.6 is 0 Å². The lowest BCUT2D eigenvalue weighted by Crippen LogP contribution is -2.55. The molecular formula is C11H19N5O2. The summed E-state index contributed by atoms with van der Waals surface area (Å²) < 4.78 is 1.80. The summed E-state index contributed by atoms with van der Waals surface area (Å²) in [6, 6.07) is 0.533. The Hall–Kier alpha value is -1.63. The molecule has 0 saturated carbocycles. The van der Waals surface area contributed by atoms with Gasteiger partial charge in [-0.1, -0.05) is 0 Å². The van der Waals surface area contributed by atoms with E-state index < -0.39 is 4.92 Å². The number of imidazole rings is 1. The molecule has 0 aromatic carbocycles. The van der Waals surface area contributed by atoms with Crippen molar-refractivity contribution in [2.24, 2.45) is 7.05 Å². The van der Waals surface area contributed by atoms with Gasteiger partial charge in [0.05, 0.1) is 0 Å². The van der Waals surface area contributed by atoms with E-state index in [2.05, 4.69) is 29.0 Å². The van der Waals surface area contributed by atoms with E-state index in [1.807, 2.05) is 7.05 Å².